The zero-order valence-electron chi connectivity index (χ0n) is 11.0. The van der Waals surface area contributed by atoms with Gasteiger partial charge in [-0.2, -0.15) is 0 Å². The average molecular weight is 281 g/mol. The van der Waals surface area contributed by atoms with E-state index >= 15 is 0 Å². The van der Waals surface area contributed by atoms with Crippen LogP contribution >= 0.6 is 11.3 Å². The molecule has 19 heavy (non-hydrogen) atoms. The van der Waals surface area contributed by atoms with Crippen LogP contribution in [0.2, 0.25) is 0 Å². The van der Waals surface area contributed by atoms with Gasteiger partial charge < -0.3 is 10.4 Å². The van der Waals surface area contributed by atoms with E-state index in [2.05, 4.69) is 12.2 Å². The molecule has 5 heteroatoms. The van der Waals surface area contributed by atoms with Gasteiger partial charge in [-0.3, -0.25) is 4.79 Å². The summed E-state index contributed by atoms with van der Waals surface area (Å²) in [5.74, 6) is -0.592. The minimum atomic E-state index is -1.08. The summed E-state index contributed by atoms with van der Waals surface area (Å²) in [6, 6.07) is 3.51. The first-order chi connectivity index (χ1) is 9.07. The number of hydrogen-bond acceptors (Lipinski definition) is 3. The van der Waals surface area contributed by atoms with Gasteiger partial charge in [-0.1, -0.05) is 19.4 Å². The van der Waals surface area contributed by atoms with Crippen molar-refractivity contribution in [2.24, 2.45) is 5.92 Å². The number of thiophene rings is 1. The second kappa shape index (κ2) is 5.74. The highest BCUT2D eigenvalue weighted by molar-refractivity contribution is 7.12. The molecule has 4 nitrogen and oxygen atoms in total. The number of rotatable bonds is 4. The highest BCUT2D eigenvalue weighted by Crippen LogP contribution is 2.34. The first kappa shape index (κ1) is 14.1. The summed E-state index contributed by atoms with van der Waals surface area (Å²) in [5.41, 5.74) is -1.08. The molecule has 1 saturated carbocycles. The van der Waals surface area contributed by atoms with E-state index in [1.165, 1.54) is 11.3 Å². The highest BCUT2D eigenvalue weighted by atomic mass is 32.1. The van der Waals surface area contributed by atoms with Crippen molar-refractivity contribution in [1.82, 2.24) is 5.32 Å². The Balaban J connectivity index is 2.09. The quantitative estimate of drug-likeness (QED) is 0.891. The van der Waals surface area contributed by atoms with Crippen LogP contribution in [0.15, 0.2) is 17.5 Å². The van der Waals surface area contributed by atoms with Crippen LogP contribution in [0.25, 0.3) is 0 Å². The van der Waals surface area contributed by atoms with Gasteiger partial charge in [0.25, 0.3) is 5.91 Å². The average Bonchev–Trinajstić information content (AvgIpc) is 2.93. The fourth-order valence-corrected chi connectivity index (χ4v) is 3.28. The summed E-state index contributed by atoms with van der Waals surface area (Å²) in [6.07, 6.45) is 3.87. The number of nitrogens with one attached hydrogen (secondary N) is 1. The van der Waals surface area contributed by atoms with Gasteiger partial charge in [-0.25, -0.2) is 4.79 Å². The van der Waals surface area contributed by atoms with Gasteiger partial charge in [-0.05, 0) is 43.0 Å². The molecule has 1 heterocycles. The van der Waals surface area contributed by atoms with Gasteiger partial charge in [0, 0.05) is 0 Å². The van der Waals surface area contributed by atoms with Crippen molar-refractivity contribution in [3.05, 3.63) is 22.4 Å². The molecule has 0 atom stereocenters. The maximum Gasteiger partial charge on any atom is 0.329 e. The monoisotopic (exact) mass is 281 g/mol. The molecular weight excluding hydrogens is 262 g/mol. The van der Waals surface area contributed by atoms with Crippen LogP contribution in [0, 0.1) is 5.92 Å². The van der Waals surface area contributed by atoms with E-state index in [0.717, 1.165) is 19.3 Å². The molecule has 0 unspecified atom stereocenters. The molecule has 0 radical (unpaired) electrons. The van der Waals surface area contributed by atoms with Gasteiger partial charge in [0.05, 0.1) is 4.88 Å². The second-order valence-electron chi connectivity index (χ2n) is 5.17. The molecule has 1 aliphatic carbocycles. The van der Waals surface area contributed by atoms with E-state index in [-0.39, 0.29) is 5.91 Å². The van der Waals surface area contributed by atoms with Crippen molar-refractivity contribution >= 4 is 23.2 Å². The molecule has 0 spiro atoms. The lowest BCUT2D eigenvalue weighted by atomic mass is 9.75. The van der Waals surface area contributed by atoms with Crippen LogP contribution in [0.4, 0.5) is 0 Å². The molecule has 1 aliphatic rings. The van der Waals surface area contributed by atoms with E-state index in [1.807, 2.05) is 5.38 Å². The van der Waals surface area contributed by atoms with Gasteiger partial charge in [0.15, 0.2) is 0 Å². The van der Waals surface area contributed by atoms with Crippen molar-refractivity contribution in [2.75, 3.05) is 0 Å². The molecule has 0 aliphatic heterocycles. The number of amides is 1. The Hall–Kier alpha value is -1.36. The van der Waals surface area contributed by atoms with E-state index in [1.54, 1.807) is 12.1 Å². The Morgan fingerprint density at radius 1 is 1.47 bits per heavy atom. The number of hydrogen-bond donors (Lipinski definition) is 2. The molecule has 0 aromatic carbocycles. The lowest BCUT2D eigenvalue weighted by molar-refractivity contribution is -0.146. The Labute approximate surface area is 116 Å². The Morgan fingerprint density at radius 2 is 2.16 bits per heavy atom. The molecule has 0 saturated heterocycles. The Bertz CT molecular complexity index is 447. The Kier molecular flexibility index (Phi) is 4.24. The summed E-state index contributed by atoms with van der Waals surface area (Å²) < 4.78 is 0. The third-order valence-corrected chi connectivity index (χ3v) is 4.91. The lowest BCUT2D eigenvalue weighted by Gasteiger charge is -2.37. The maximum atomic E-state index is 12.1. The minimum absolute atomic E-state index is 0.271. The molecule has 1 amide bonds. The first-order valence-corrected chi connectivity index (χ1v) is 7.55. The van der Waals surface area contributed by atoms with Crippen LogP contribution < -0.4 is 5.32 Å². The maximum absolute atomic E-state index is 12.1. The summed E-state index contributed by atoms with van der Waals surface area (Å²) in [5, 5.41) is 14.0. The molecule has 2 rings (SSSR count). The fourth-order valence-electron chi connectivity index (χ4n) is 2.66. The normalized spacial score (nSPS) is 26.9. The van der Waals surface area contributed by atoms with Crippen molar-refractivity contribution in [1.29, 1.82) is 0 Å². The van der Waals surface area contributed by atoms with E-state index in [0.29, 0.717) is 23.6 Å². The SMILES string of the molecule is CCC1CCC(NC(=O)c2cccs2)(C(=O)O)CC1. The second-order valence-corrected chi connectivity index (χ2v) is 6.12. The third kappa shape index (κ3) is 2.97. The largest absolute Gasteiger partial charge is 0.480 e. The predicted octanol–water partition coefficient (Wildman–Crippen LogP) is 2.90. The summed E-state index contributed by atoms with van der Waals surface area (Å²) in [4.78, 5) is 24.2. The lowest BCUT2D eigenvalue weighted by Crippen LogP contribution is -2.56. The van der Waals surface area contributed by atoms with E-state index < -0.39 is 11.5 Å². The topological polar surface area (TPSA) is 66.4 Å². The van der Waals surface area contributed by atoms with Gasteiger partial charge in [-0.15, -0.1) is 11.3 Å². The number of carbonyl (C=O) groups excluding carboxylic acids is 1. The number of carboxylic acid groups (broad SMARTS) is 1. The van der Waals surface area contributed by atoms with Crippen LogP contribution in [0.5, 0.6) is 0 Å². The van der Waals surface area contributed by atoms with Crippen LogP contribution in [0.3, 0.4) is 0 Å². The molecule has 104 valence electrons. The predicted molar refractivity (Wildman–Crippen MR) is 74.4 cm³/mol. The Morgan fingerprint density at radius 3 is 2.63 bits per heavy atom. The van der Waals surface area contributed by atoms with Crippen molar-refractivity contribution in [3.63, 3.8) is 0 Å². The molecule has 1 aromatic heterocycles. The van der Waals surface area contributed by atoms with Gasteiger partial charge in [0.1, 0.15) is 5.54 Å². The highest BCUT2D eigenvalue weighted by Gasteiger charge is 2.43. The molecule has 1 aromatic rings. The molecule has 0 bridgehead atoms. The van der Waals surface area contributed by atoms with Crippen molar-refractivity contribution in [2.45, 2.75) is 44.6 Å². The first-order valence-electron chi connectivity index (χ1n) is 6.67. The van der Waals surface area contributed by atoms with Crippen molar-refractivity contribution < 1.29 is 14.7 Å². The van der Waals surface area contributed by atoms with Crippen molar-refractivity contribution in [3.8, 4) is 0 Å². The van der Waals surface area contributed by atoms with Crippen LogP contribution in [-0.4, -0.2) is 22.5 Å². The smallest absolute Gasteiger partial charge is 0.329 e. The molecular formula is C14H19NO3S. The summed E-state index contributed by atoms with van der Waals surface area (Å²) >= 11 is 1.33. The summed E-state index contributed by atoms with van der Waals surface area (Å²) in [7, 11) is 0. The minimum Gasteiger partial charge on any atom is -0.480 e. The standard InChI is InChI=1S/C14H19NO3S/c1-2-10-5-7-14(8-6-10,13(17)18)15-12(16)11-4-3-9-19-11/h3-4,9-10H,2,5-8H2,1H3,(H,15,16)(H,17,18). The number of carboxylic acids is 1. The molecule has 2 N–H and O–H groups in total. The third-order valence-electron chi connectivity index (χ3n) is 4.04. The fraction of sp³-hybridized carbons (Fsp3) is 0.571. The van der Waals surface area contributed by atoms with Crippen LogP contribution in [0.1, 0.15) is 48.7 Å². The number of aliphatic carboxylic acids is 1. The number of carbonyl (C=O) groups is 2. The van der Waals surface area contributed by atoms with E-state index in [9.17, 15) is 14.7 Å². The van der Waals surface area contributed by atoms with E-state index in [4.69, 9.17) is 0 Å². The van der Waals surface area contributed by atoms with Crippen LogP contribution in [-0.2, 0) is 4.79 Å². The van der Waals surface area contributed by atoms with Gasteiger partial charge in [0.2, 0.25) is 0 Å². The molecule has 1 fully saturated rings. The zero-order valence-corrected chi connectivity index (χ0v) is 11.8. The zero-order chi connectivity index (χ0) is 13.9. The summed E-state index contributed by atoms with van der Waals surface area (Å²) in [6.45, 7) is 2.13. The van der Waals surface area contributed by atoms with Gasteiger partial charge >= 0.3 is 5.97 Å².